The van der Waals surface area contributed by atoms with Gasteiger partial charge in [-0.15, -0.1) is 0 Å². The Balaban J connectivity index is 1.45. The Hall–Kier alpha value is -4.69. The van der Waals surface area contributed by atoms with Gasteiger partial charge in [-0.05, 0) is 119 Å². The van der Waals surface area contributed by atoms with Gasteiger partial charge in [0.25, 0.3) is 0 Å². The second-order valence-corrected chi connectivity index (χ2v) is 14.1. The molecule has 0 amide bonds. The summed E-state index contributed by atoms with van der Waals surface area (Å²) in [6.07, 6.45) is 9.48. The van der Waals surface area contributed by atoms with E-state index in [0.29, 0.717) is 5.92 Å². The summed E-state index contributed by atoms with van der Waals surface area (Å²) in [4.78, 5) is 5.18. The molecule has 1 aromatic heterocycles. The lowest BCUT2D eigenvalue weighted by atomic mass is 9.85. The third-order valence-corrected chi connectivity index (χ3v) is 11.0. The molecule has 1 aliphatic carbocycles. The fraction of sp³-hybridized carbons (Fsp3) is 0.283. The first-order valence-corrected chi connectivity index (χ1v) is 17.9. The van der Waals surface area contributed by atoms with E-state index in [-0.39, 0.29) is 5.41 Å². The van der Waals surface area contributed by atoms with Crippen molar-refractivity contribution in [1.82, 2.24) is 9.55 Å². The van der Waals surface area contributed by atoms with Gasteiger partial charge in [-0.1, -0.05) is 131 Å². The molecule has 0 N–H and O–H groups in total. The van der Waals surface area contributed by atoms with Gasteiger partial charge in [-0.25, -0.2) is 4.98 Å². The number of benzene rings is 5. The monoisotopic (exact) mass is 628 g/mol. The zero-order chi connectivity index (χ0) is 33.4. The van der Waals surface area contributed by atoms with Crippen LogP contribution in [0.4, 0.5) is 0 Å². The Labute approximate surface area is 287 Å². The Kier molecular flexibility index (Phi) is 8.69. The highest BCUT2D eigenvalue weighted by molar-refractivity contribution is 5.79. The third-order valence-electron chi connectivity index (χ3n) is 11.0. The van der Waals surface area contributed by atoms with Crippen molar-refractivity contribution in [2.45, 2.75) is 79.1 Å². The molecule has 0 radical (unpaired) electrons. The number of hydrogen-bond acceptors (Lipinski definition) is 1. The third kappa shape index (κ3) is 5.83. The topological polar surface area (TPSA) is 17.8 Å². The van der Waals surface area contributed by atoms with Gasteiger partial charge in [0.05, 0.1) is 5.69 Å². The number of aromatic nitrogens is 2. The lowest BCUT2D eigenvalue weighted by molar-refractivity contribution is 0.643. The van der Waals surface area contributed by atoms with Gasteiger partial charge in [-0.2, -0.15) is 0 Å². The van der Waals surface area contributed by atoms with E-state index in [2.05, 4.69) is 155 Å². The normalized spacial score (nSPS) is 17.1. The Morgan fingerprint density at radius 2 is 1.46 bits per heavy atom. The van der Waals surface area contributed by atoms with Crippen molar-refractivity contribution in [1.29, 1.82) is 0 Å². The molecular weight excluding hydrogens is 581 g/mol. The minimum Gasteiger partial charge on any atom is -0.299 e. The molecular formula is C46H48N2. The summed E-state index contributed by atoms with van der Waals surface area (Å²) in [6.45, 7) is 13.8. The van der Waals surface area contributed by atoms with Crippen LogP contribution in [0.2, 0.25) is 0 Å². The van der Waals surface area contributed by atoms with E-state index >= 15 is 0 Å². The van der Waals surface area contributed by atoms with Gasteiger partial charge in [0.2, 0.25) is 0 Å². The zero-order valence-corrected chi connectivity index (χ0v) is 29.5. The van der Waals surface area contributed by atoms with Gasteiger partial charge in [0.15, 0.2) is 0 Å². The fourth-order valence-corrected chi connectivity index (χ4v) is 8.01. The highest BCUT2D eigenvalue weighted by atomic mass is 15.1. The molecule has 2 atom stereocenters. The van der Waals surface area contributed by atoms with Crippen LogP contribution in [0.5, 0.6) is 0 Å². The minimum atomic E-state index is 0.157. The van der Waals surface area contributed by atoms with E-state index in [1.807, 2.05) is 6.20 Å². The Morgan fingerprint density at radius 1 is 0.708 bits per heavy atom. The molecule has 2 heteroatoms. The van der Waals surface area contributed by atoms with Crippen LogP contribution in [0.1, 0.15) is 79.5 Å². The van der Waals surface area contributed by atoms with Crippen LogP contribution in [0, 0.1) is 19.8 Å². The maximum atomic E-state index is 5.18. The summed E-state index contributed by atoms with van der Waals surface area (Å²) in [5.41, 5.74) is 17.3. The van der Waals surface area contributed by atoms with Crippen molar-refractivity contribution in [2.75, 3.05) is 0 Å². The molecule has 2 nitrogen and oxygen atoms in total. The first-order valence-electron chi connectivity index (χ1n) is 17.9. The molecule has 6 aromatic rings. The van der Waals surface area contributed by atoms with Crippen LogP contribution in [0.3, 0.4) is 0 Å². The molecule has 0 saturated heterocycles. The first kappa shape index (κ1) is 31.9. The van der Waals surface area contributed by atoms with Crippen LogP contribution < -0.4 is 0 Å². The van der Waals surface area contributed by atoms with Crippen molar-refractivity contribution in [2.24, 2.45) is 5.92 Å². The van der Waals surface area contributed by atoms with Gasteiger partial charge < -0.3 is 0 Å². The van der Waals surface area contributed by atoms with Crippen LogP contribution >= 0.6 is 0 Å². The Morgan fingerprint density at radius 3 is 2.17 bits per heavy atom. The summed E-state index contributed by atoms with van der Waals surface area (Å²) < 4.78 is 2.37. The highest BCUT2D eigenvalue weighted by Crippen LogP contribution is 2.58. The summed E-state index contributed by atoms with van der Waals surface area (Å²) in [5.74, 6) is 1.72. The number of nitrogens with zero attached hydrogens (tertiary/aromatic N) is 2. The largest absolute Gasteiger partial charge is 0.299 e. The smallest absolute Gasteiger partial charge is 0.144 e. The molecule has 1 fully saturated rings. The molecule has 0 bridgehead atoms. The fourth-order valence-electron chi connectivity index (χ4n) is 8.01. The molecule has 5 aromatic carbocycles. The van der Waals surface area contributed by atoms with Crippen LogP contribution in [0.15, 0.2) is 116 Å². The molecule has 1 saturated carbocycles. The first-order chi connectivity index (χ1) is 23.3. The average molecular weight is 629 g/mol. The highest BCUT2D eigenvalue weighted by Gasteiger charge is 2.51. The number of aryl methyl sites for hydroxylation is 4. The second-order valence-electron chi connectivity index (χ2n) is 14.1. The van der Waals surface area contributed by atoms with Crippen LogP contribution in [0.25, 0.3) is 39.3 Å². The van der Waals surface area contributed by atoms with Crippen LogP contribution in [-0.2, 0) is 24.7 Å². The Bertz CT molecular complexity index is 2060. The van der Waals surface area contributed by atoms with Crippen molar-refractivity contribution in [3.63, 3.8) is 0 Å². The van der Waals surface area contributed by atoms with Gasteiger partial charge in [0, 0.05) is 18.0 Å². The standard InChI is InChI=1S/C46H48N2/c1-7-33-16-13-17-34(8-2)44(33)38-22-23-42(46(6)30-40(46)9-3)41(28-38)45-47-24-25-48(45)43-29-36(35-14-11-10-12-15-35)20-21-37(43)27-39-26-31(4)18-19-32(39)5/h10-26,28-29,40H,7-9,27,30H2,1-6H3/t40-,46?/m0/s1. The van der Waals surface area contributed by atoms with Gasteiger partial charge in [0.1, 0.15) is 5.82 Å². The molecule has 7 rings (SSSR count). The van der Waals surface area contributed by atoms with E-state index in [1.54, 1.807) is 0 Å². The van der Waals surface area contributed by atoms with E-state index in [0.717, 1.165) is 25.1 Å². The number of imidazole rings is 1. The van der Waals surface area contributed by atoms with Crippen molar-refractivity contribution >= 4 is 0 Å². The molecule has 48 heavy (non-hydrogen) atoms. The van der Waals surface area contributed by atoms with Crippen LogP contribution in [-0.4, -0.2) is 9.55 Å². The molecule has 0 spiro atoms. The summed E-state index contributed by atoms with van der Waals surface area (Å²) in [7, 11) is 0. The molecule has 1 unspecified atom stereocenters. The van der Waals surface area contributed by atoms with Gasteiger partial charge >= 0.3 is 0 Å². The van der Waals surface area contributed by atoms with E-state index in [9.17, 15) is 0 Å². The zero-order valence-electron chi connectivity index (χ0n) is 29.5. The summed E-state index contributed by atoms with van der Waals surface area (Å²) in [5, 5.41) is 0. The molecule has 242 valence electrons. The van der Waals surface area contributed by atoms with E-state index < -0.39 is 0 Å². The van der Waals surface area contributed by atoms with Crippen molar-refractivity contribution < 1.29 is 0 Å². The number of hydrogen-bond donors (Lipinski definition) is 0. The molecule has 0 aliphatic heterocycles. The predicted molar refractivity (Wildman–Crippen MR) is 203 cm³/mol. The lowest BCUT2D eigenvalue weighted by Gasteiger charge is -2.22. The maximum absolute atomic E-state index is 5.18. The quantitative estimate of drug-likeness (QED) is 0.148. The maximum Gasteiger partial charge on any atom is 0.144 e. The second kappa shape index (κ2) is 13.1. The number of rotatable bonds is 10. The van der Waals surface area contributed by atoms with Crippen molar-refractivity contribution in [3.8, 4) is 39.3 Å². The molecule has 1 heterocycles. The SMILES string of the molecule is CCc1cccc(CC)c1-c1ccc(C2(C)C[C@@H]2CC)c(-c2nccn2-c2cc(-c3ccccc3)ccc2Cc2cc(C)ccc2C)c1. The minimum absolute atomic E-state index is 0.157. The molecule has 1 aliphatic rings. The predicted octanol–water partition coefficient (Wildman–Crippen LogP) is 11.9. The van der Waals surface area contributed by atoms with Gasteiger partial charge in [-0.3, -0.25) is 4.57 Å². The van der Waals surface area contributed by atoms with E-state index in [4.69, 9.17) is 4.98 Å². The lowest BCUT2D eigenvalue weighted by Crippen LogP contribution is -2.10. The average Bonchev–Trinajstić information content (AvgIpc) is 3.55. The summed E-state index contributed by atoms with van der Waals surface area (Å²) >= 11 is 0. The summed E-state index contributed by atoms with van der Waals surface area (Å²) in [6, 6.07) is 38.6. The van der Waals surface area contributed by atoms with E-state index in [1.165, 1.54) is 85.3 Å². The van der Waals surface area contributed by atoms with Crippen molar-refractivity contribution in [3.05, 3.63) is 154 Å².